The molecule has 0 aliphatic heterocycles. The lowest BCUT2D eigenvalue weighted by Gasteiger charge is -2.29. The highest BCUT2D eigenvalue weighted by Gasteiger charge is 2.83. The van der Waals surface area contributed by atoms with Crippen molar-refractivity contribution in [1.29, 1.82) is 0 Å². The number of ether oxygens (including phenoxy) is 1. The molecule has 2 aliphatic rings. The fraction of sp³-hybridized carbons (Fsp3) is 0.565. The average molecular weight is 639 g/mol. The average Bonchev–Trinajstić information content (AvgIpc) is 3.43. The first-order valence-corrected chi connectivity index (χ1v) is 14.6. The molecule has 0 radical (unpaired) electrons. The Kier molecular flexibility index (Phi) is 8.68. The number of rotatable bonds is 12. The molecule has 2 aliphatic carbocycles. The first-order valence-electron chi connectivity index (χ1n) is 11.7. The molecule has 2 N–H and O–H groups in total. The molecular weight excluding hydrogens is 614 g/mol. The highest BCUT2D eigenvalue weighted by molar-refractivity contribution is 7.88. The fourth-order valence-corrected chi connectivity index (χ4v) is 6.30. The molecule has 0 heterocycles. The van der Waals surface area contributed by atoms with Crippen molar-refractivity contribution >= 4 is 32.0 Å². The minimum absolute atomic E-state index is 0.0456. The first-order chi connectivity index (χ1) is 18.5. The molecule has 2 bridgehead atoms. The van der Waals surface area contributed by atoms with Gasteiger partial charge in [-0.1, -0.05) is 18.7 Å². The van der Waals surface area contributed by atoms with Crippen LogP contribution in [0.3, 0.4) is 0 Å². The molecule has 5 unspecified atom stereocenters. The summed E-state index contributed by atoms with van der Waals surface area (Å²) < 4.78 is 144. The van der Waals surface area contributed by atoms with Gasteiger partial charge in [0, 0.05) is 17.9 Å². The molecule has 2 fully saturated rings. The van der Waals surface area contributed by atoms with E-state index in [0.717, 1.165) is 12.1 Å². The summed E-state index contributed by atoms with van der Waals surface area (Å²) in [4.78, 5) is 24.6. The van der Waals surface area contributed by atoms with E-state index in [9.17, 15) is 57.9 Å². The minimum atomic E-state index is -7.18. The van der Waals surface area contributed by atoms with E-state index in [-0.39, 0.29) is 34.9 Å². The van der Waals surface area contributed by atoms with Crippen LogP contribution in [0.4, 0.5) is 26.3 Å². The summed E-state index contributed by atoms with van der Waals surface area (Å²) in [5.74, 6) is -9.68. The van der Waals surface area contributed by atoms with Gasteiger partial charge in [0.25, 0.3) is 0 Å². The maximum absolute atomic E-state index is 14.0. The van der Waals surface area contributed by atoms with E-state index in [1.54, 1.807) is 0 Å². The zero-order chi connectivity index (χ0) is 31.3. The number of hydrogen-bond acceptors (Lipinski definition) is 9. The normalized spacial score (nSPS) is 24.1. The van der Waals surface area contributed by atoms with Crippen molar-refractivity contribution in [3.05, 3.63) is 42.0 Å². The maximum atomic E-state index is 14.0. The number of alkyl halides is 6. The van der Waals surface area contributed by atoms with Crippen molar-refractivity contribution in [2.24, 2.45) is 17.8 Å². The lowest BCUT2D eigenvalue weighted by atomic mass is 9.82. The summed E-state index contributed by atoms with van der Waals surface area (Å²) >= 11 is 0. The molecule has 41 heavy (non-hydrogen) atoms. The van der Waals surface area contributed by atoms with Gasteiger partial charge in [0.15, 0.2) is 0 Å². The third-order valence-electron chi connectivity index (χ3n) is 7.05. The number of carbonyl (C=O) groups excluding carboxylic acids is 2. The zero-order valence-electron chi connectivity index (χ0n) is 21.0. The highest BCUT2D eigenvalue weighted by atomic mass is 32.2. The summed E-state index contributed by atoms with van der Waals surface area (Å²) in [6, 6.07) is 2.96. The molecular formula is C23H24F6O10S2. The lowest BCUT2D eigenvalue weighted by molar-refractivity contribution is -0.247. The molecule has 10 nitrogen and oxygen atoms in total. The second-order valence-electron chi connectivity index (χ2n) is 9.93. The number of benzene rings is 1. The van der Waals surface area contributed by atoms with Crippen LogP contribution in [0, 0.1) is 17.8 Å². The zero-order valence-corrected chi connectivity index (χ0v) is 22.6. The lowest BCUT2D eigenvalue weighted by Crippen LogP contribution is -2.61. The van der Waals surface area contributed by atoms with Gasteiger partial charge < -0.3 is 14.0 Å². The van der Waals surface area contributed by atoms with E-state index in [2.05, 4.69) is 10.8 Å². The third kappa shape index (κ3) is 5.96. The maximum Gasteiger partial charge on any atom is 0.450 e. The molecule has 5 atom stereocenters. The molecule has 0 aromatic heterocycles. The molecule has 18 heteroatoms. The van der Waals surface area contributed by atoms with Crippen LogP contribution in [0.25, 0.3) is 0 Å². The van der Waals surface area contributed by atoms with E-state index < -0.39 is 66.8 Å². The summed E-state index contributed by atoms with van der Waals surface area (Å²) in [5, 5.41) is -3.31. The van der Waals surface area contributed by atoms with Crippen molar-refractivity contribution in [3.63, 3.8) is 0 Å². The number of esters is 1. The number of aliphatic hydroxyl groups excluding tert-OH is 1. The largest absolute Gasteiger partial charge is 0.459 e. The SMILES string of the molecule is C=C(C)C(=O)OC1CC2CC1CC2C(=O)CC(O)c1ccc(OS(=O)(=O)C(F)(F)C(F)(F)C(F)(F)S(=O)(=O)O)cc1. The third-order valence-corrected chi connectivity index (χ3v) is 9.25. The van der Waals surface area contributed by atoms with E-state index in [4.69, 9.17) is 9.29 Å². The van der Waals surface area contributed by atoms with Crippen LogP contribution in [0.5, 0.6) is 5.75 Å². The Morgan fingerprint density at radius 2 is 1.54 bits per heavy atom. The minimum Gasteiger partial charge on any atom is -0.459 e. The Balaban J connectivity index is 1.64. The number of hydrogen-bond donors (Lipinski definition) is 2. The van der Waals surface area contributed by atoms with E-state index in [0.29, 0.717) is 31.4 Å². The second kappa shape index (κ2) is 10.9. The first kappa shape index (κ1) is 32.8. The smallest absolute Gasteiger partial charge is 0.450 e. The molecule has 2 saturated carbocycles. The topological polar surface area (TPSA) is 161 Å². The summed E-state index contributed by atoms with van der Waals surface area (Å²) in [6.07, 6.45) is -0.711. The Labute approximate surface area is 230 Å². The molecule has 0 spiro atoms. The molecule has 3 rings (SSSR count). The Hall–Kier alpha value is -2.70. The van der Waals surface area contributed by atoms with Gasteiger partial charge in [0.2, 0.25) is 0 Å². The number of Topliss-reactive ketones (excluding diaryl/α,β-unsaturated/α-hetero) is 1. The van der Waals surface area contributed by atoms with Gasteiger partial charge in [-0.05, 0) is 55.7 Å². The number of carbonyl (C=O) groups is 2. The Morgan fingerprint density at radius 3 is 2.00 bits per heavy atom. The molecule has 230 valence electrons. The van der Waals surface area contributed by atoms with Crippen LogP contribution in [0.15, 0.2) is 36.4 Å². The van der Waals surface area contributed by atoms with Crippen molar-refractivity contribution < 1.29 is 71.3 Å². The van der Waals surface area contributed by atoms with Crippen molar-refractivity contribution in [2.45, 2.75) is 61.2 Å². The van der Waals surface area contributed by atoms with Gasteiger partial charge in [0.05, 0.1) is 6.10 Å². The van der Waals surface area contributed by atoms with Crippen LogP contribution in [0.1, 0.15) is 44.3 Å². The predicted molar refractivity (Wildman–Crippen MR) is 126 cm³/mol. The quantitative estimate of drug-likeness (QED) is 0.114. The number of halogens is 6. The van der Waals surface area contributed by atoms with Crippen LogP contribution in [-0.2, 0) is 34.6 Å². The molecule has 1 aromatic carbocycles. The molecule has 1 aromatic rings. The molecule has 0 saturated heterocycles. The van der Waals surface area contributed by atoms with Gasteiger partial charge >= 0.3 is 42.6 Å². The summed E-state index contributed by atoms with van der Waals surface area (Å²) in [6.45, 7) is 5.01. The number of fused-ring (bicyclic) bond motifs is 2. The number of ketones is 1. The second-order valence-corrected chi connectivity index (χ2v) is 13.0. The van der Waals surface area contributed by atoms with E-state index >= 15 is 0 Å². The van der Waals surface area contributed by atoms with Crippen LogP contribution < -0.4 is 4.18 Å². The summed E-state index contributed by atoms with van der Waals surface area (Å²) in [5.41, 5.74) is 0.192. The van der Waals surface area contributed by atoms with E-state index in [1.165, 1.54) is 6.92 Å². The van der Waals surface area contributed by atoms with Gasteiger partial charge in [-0.15, -0.1) is 0 Å². The van der Waals surface area contributed by atoms with Crippen LogP contribution >= 0.6 is 0 Å². The van der Waals surface area contributed by atoms with Crippen molar-refractivity contribution in [2.75, 3.05) is 0 Å². The van der Waals surface area contributed by atoms with Crippen LogP contribution in [-0.4, -0.2) is 60.8 Å². The summed E-state index contributed by atoms with van der Waals surface area (Å²) in [7, 11) is -14.2. The van der Waals surface area contributed by atoms with Gasteiger partial charge in [-0.2, -0.15) is 43.2 Å². The van der Waals surface area contributed by atoms with Crippen LogP contribution in [0.2, 0.25) is 0 Å². The Morgan fingerprint density at radius 1 is 0.976 bits per heavy atom. The van der Waals surface area contributed by atoms with Gasteiger partial charge in [-0.25, -0.2) is 4.79 Å². The van der Waals surface area contributed by atoms with E-state index in [1.807, 2.05) is 0 Å². The highest BCUT2D eigenvalue weighted by Crippen LogP contribution is 2.52. The predicted octanol–water partition coefficient (Wildman–Crippen LogP) is 3.63. The van der Waals surface area contributed by atoms with Gasteiger partial charge in [-0.3, -0.25) is 9.35 Å². The molecule has 0 amide bonds. The van der Waals surface area contributed by atoms with Gasteiger partial charge in [0.1, 0.15) is 17.6 Å². The fourth-order valence-electron chi connectivity index (χ4n) is 4.87. The van der Waals surface area contributed by atoms with Crippen molar-refractivity contribution in [1.82, 2.24) is 0 Å². The standard InChI is InChI=1S/C23H24F6O10S2/c1-11(2)20(32)38-19-9-13-7-14(19)8-16(13)18(31)10-17(30)12-3-5-15(6-4-12)39-41(36,37)23(28,29)21(24,25)22(26,27)40(33,34)35/h3-6,13-14,16-17,19,30H,1,7-10H2,2H3,(H,33,34,35). The van der Waals surface area contributed by atoms with Crippen molar-refractivity contribution in [3.8, 4) is 5.75 Å². The monoisotopic (exact) mass is 638 g/mol. The Bertz CT molecular complexity index is 1430. The number of aliphatic hydroxyl groups is 1.